The number of carbonyl (C=O) groups is 1. The van der Waals surface area contributed by atoms with Gasteiger partial charge in [-0.2, -0.15) is 0 Å². The molecule has 0 aliphatic heterocycles. The largest absolute Gasteiger partial charge is 0.338 e. The summed E-state index contributed by atoms with van der Waals surface area (Å²) in [4.78, 5) is 14.5. The van der Waals surface area contributed by atoms with Crippen LogP contribution in [-0.2, 0) is 17.6 Å². The average Bonchev–Trinajstić information content (AvgIpc) is 2.86. The van der Waals surface area contributed by atoms with Crippen LogP contribution in [0, 0.1) is 6.92 Å². The van der Waals surface area contributed by atoms with Gasteiger partial charge in [-0.1, -0.05) is 42.4 Å². The maximum Gasteiger partial charge on any atom is 0.244 e. The predicted octanol–water partition coefficient (Wildman–Crippen LogP) is 2.66. The van der Waals surface area contributed by atoms with Crippen LogP contribution in [0.2, 0.25) is 0 Å². The third-order valence-corrected chi connectivity index (χ3v) is 3.79. The van der Waals surface area contributed by atoms with Gasteiger partial charge in [0.05, 0.1) is 11.7 Å². The maximum atomic E-state index is 12.6. The summed E-state index contributed by atoms with van der Waals surface area (Å²) in [6.45, 7) is 3.92. The van der Waals surface area contributed by atoms with Crippen LogP contribution in [-0.4, -0.2) is 36.1 Å². The zero-order valence-electron chi connectivity index (χ0n) is 13.6. The van der Waals surface area contributed by atoms with Crippen molar-refractivity contribution in [2.75, 3.05) is 19.4 Å². The molecule has 0 spiro atoms. The monoisotopic (exact) mass is 301 g/mol. The minimum absolute atomic E-state index is 0.0873. The van der Waals surface area contributed by atoms with E-state index in [1.165, 1.54) is 0 Å². The number of nitrogens with one attached hydrogen (secondary N) is 1. The zero-order valence-corrected chi connectivity index (χ0v) is 13.6. The molecule has 1 aromatic heterocycles. The number of rotatable bonds is 6. The second kappa shape index (κ2) is 7.22. The second-order valence-electron chi connectivity index (χ2n) is 5.60. The number of amides is 1. The van der Waals surface area contributed by atoms with Gasteiger partial charge >= 0.3 is 0 Å². The number of carbonyl (C=O) groups excluding carboxylic acids is 1. The van der Waals surface area contributed by atoms with Crippen LogP contribution < -0.4 is 5.32 Å². The molecule has 0 bridgehead atoms. The van der Waals surface area contributed by atoms with Gasteiger partial charge in [-0.3, -0.25) is 15.0 Å². The zero-order chi connectivity index (χ0) is 16.1. The van der Waals surface area contributed by atoms with Crippen molar-refractivity contribution in [2.24, 2.45) is 0 Å². The van der Waals surface area contributed by atoms with E-state index in [1.54, 1.807) is 0 Å². The van der Waals surface area contributed by atoms with Crippen molar-refractivity contribution in [1.82, 2.24) is 10.1 Å². The van der Waals surface area contributed by atoms with Gasteiger partial charge in [-0.15, -0.1) is 0 Å². The molecule has 5 nitrogen and oxygen atoms in total. The lowest BCUT2D eigenvalue weighted by Gasteiger charge is -2.23. The van der Waals surface area contributed by atoms with Crippen LogP contribution in [0.4, 0.5) is 5.88 Å². The van der Waals surface area contributed by atoms with Gasteiger partial charge < -0.3 is 4.52 Å². The molecular weight excluding hydrogens is 278 g/mol. The SMILES string of the molecule is CCc1noc(NC(=O)C(Cc2ccccc2)N(C)C)c1C. The summed E-state index contributed by atoms with van der Waals surface area (Å²) in [5.41, 5.74) is 2.90. The summed E-state index contributed by atoms with van der Waals surface area (Å²) in [7, 11) is 3.80. The number of benzene rings is 1. The van der Waals surface area contributed by atoms with Crippen molar-refractivity contribution in [3.05, 3.63) is 47.2 Å². The van der Waals surface area contributed by atoms with Gasteiger partial charge in [-0.05, 0) is 39.4 Å². The lowest BCUT2D eigenvalue weighted by Crippen LogP contribution is -2.41. The van der Waals surface area contributed by atoms with Crippen LogP contribution in [0.15, 0.2) is 34.9 Å². The van der Waals surface area contributed by atoms with E-state index < -0.39 is 0 Å². The molecule has 5 heteroatoms. The van der Waals surface area contributed by atoms with E-state index in [0.29, 0.717) is 12.3 Å². The summed E-state index contributed by atoms with van der Waals surface area (Å²) in [5, 5.41) is 6.83. The van der Waals surface area contributed by atoms with E-state index in [-0.39, 0.29) is 11.9 Å². The first-order valence-electron chi connectivity index (χ1n) is 7.49. The highest BCUT2D eigenvalue weighted by Gasteiger charge is 2.23. The summed E-state index contributed by atoms with van der Waals surface area (Å²) in [6.07, 6.45) is 1.43. The molecule has 1 N–H and O–H groups in total. The highest BCUT2D eigenvalue weighted by atomic mass is 16.5. The topological polar surface area (TPSA) is 58.4 Å². The van der Waals surface area contributed by atoms with Gasteiger partial charge in [0.1, 0.15) is 0 Å². The number of likely N-dealkylation sites (N-methyl/N-ethyl adjacent to an activating group) is 1. The molecule has 22 heavy (non-hydrogen) atoms. The van der Waals surface area contributed by atoms with Crippen molar-refractivity contribution >= 4 is 11.8 Å². The Morgan fingerprint density at radius 2 is 2.00 bits per heavy atom. The van der Waals surface area contributed by atoms with Crippen molar-refractivity contribution in [3.63, 3.8) is 0 Å². The number of hydrogen-bond donors (Lipinski definition) is 1. The van der Waals surface area contributed by atoms with Crippen molar-refractivity contribution in [2.45, 2.75) is 32.7 Å². The Hall–Kier alpha value is -2.14. The van der Waals surface area contributed by atoms with E-state index in [2.05, 4.69) is 10.5 Å². The molecule has 1 atom stereocenters. The molecule has 0 aliphatic rings. The van der Waals surface area contributed by atoms with E-state index in [4.69, 9.17) is 4.52 Å². The molecule has 0 saturated heterocycles. The second-order valence-corrected chi connectivity index (χ2v) is 5.60. The molecule has 2 aromatic rings. The molecule has 2 rings (SSSR count). The number of anilines is 1. The predicted molar refractivity (Wildman–Crippen MR) is 86.9 cm³/mol. The first-order valence-corrected chi connectivity index (χ1v) is 7.49. The van der Waals surface area contributed by atoms with Crippen molar-refractivity contribution in [3.8, 4) is 0 Å². The van der Waals surface area contributed by atoms with Crippen LogP contribution in [0.25, 0.3) is 0 Å². The molecule has 118 valence electrons. The van der Waals surface area contributed by atoms with Crippen LogP contribution in [0.5, 0.6) is 0 Å². The number of hydrogen-bond acceptors (Lipinski definition) is 4. The highest BCUT2D eigenvalue weighted by molar-refractivity contribution is 5.94. The quantitative estimate of drug-likeness (QED) is 0.891. The molecule has 0 radical (unpaired) electrons. The summed E-state index contributed by atoms with van der Waals surface area (Å²) in [5.74, 6) is 0.359. The fraction of sp³-hybridized carbons (Fsp3) is 0.412. The van der Waals surface area contributed by atoms with E-state index in [1.807, 2.05) is 63.2 Å². The minimum Gasteiger partial charge on any atom is -0.338 e. The van der Waals surface area contributed by atoms with Crippen LogP contribution in [0.3, 0.4) is 0 Å². The van der Waals surface area contributed by atoms with Gasteiger partial charge in [0, 0.05) is 5.56 Å². The lowest BCUT2D eigenvalue weighted by molar-refractivity contribution is -0.120. The Morgan fingerprint density at radius 1 is 1.32 bits per heavy atom. The summed E-state index contributed by atoms with van der Waals surface area (Å²) >= 11 is 0. The van der Waals surface area contributed by atoms with E-state index >= 15 is 0 Å². The molecule has 1 aromatic carbocycles. The molecule has 0 aliphatic carbocycles. The fourth-order valence-electron chi connectivity index (χ4n) is 2.36. The van der Waals surface area contributed by atoms with Gasteiger partial charge in [0.15, 0.2) is 0 Å². The molecule has 1 unspecified atom stereocenters. The Kier molecular flexibility index (Phi) is 5.33. The molecule has 0 saturated carbocycles. The lowest BCUT2D eigenvalue weighted by atomic mass is 10.0. The smallest absolute Gasteiger partial charge is 0.244 e. The van der Waals surface area contributed by atoms with Crippen molar-refractivity contribution in [1.29, 1.82) is 0 Å². The Morgan fingerprint density at radius 3 is 2.55 bits per heavy atom. The summed E-state index contributed by atoms with van der Waals surface area (Å²) in [6, 6.07) is 9.72. The molecule has 1 amide bonds. The number of aromatic nitrogens is 1. The first kappa shape index (κ1) is 16.2. The average molecular weight is 301 g/mol. The first-order chi connectivity index (χ1) is 10.5. The Labute approximate surface area is 131 Å². The fourth-order valence-corrected chi connectivity index (χ4v) is 2.36. The Bertz CT molecular complexity index is 620. The van der Waals surface area contributed by atoms with Gasteiger partial charge in [0.2, 0.25) is 11.8 Å². The van der Waals surface area contributed by atoms with Crippen molar-refractivity contribution < 1.29 is 9.32 Å². The van der Waals surface area contributed by atoms with E-state index in [0.717, 1.165) is 23.2 Å². The number of nitrogens with zero attached hydrogens (tertiary/aromatic N) is 2. The normalized spacial score (nSPS) is 12.4. The highest BCUT2D eigenvalue weighted by Crippen LogP contribution is 2.19. The molecule has 0 fully saturated rings. The standard InChI is InChI=1S/C17H23N3O2/c1-5-14-12(2)17(22-19-14)18-16(21)15(20(3)4)11-13-9-7-6-8-10-13/h6-10,15H,5,11H2,1-4H3,(H,18,21). The molecule has 1 heterocycles. The Balaban J connectivity index is 2.11. The van der Waals surface area contributed by atoms with Gasteiger partial charge in [-0.25, -0.2) is 0 Å². The third kappa shape index (κ3) is 3.74. The third-order valence-electron chi connectivity index (χ3n) is 3.79. The molecular formula is C17H23N3O2. The van der Waals surface area contributed by atoms with Crippen LogP contribution in [0.1, 0.15) is 23.7 Å². The minimum atomic E-state index is -0.267. The van der Waals surface area contributed by atoms with Gasteiger partial charge in [0.25, 0.3) is 0 Å². The number of aryl methyl sites for hydroxylation is 1. The van der Waals surface area contributed by atoms with Crippen LogP contribution >= 0.6 is 0 Å². The van der Waals surface area contributed by atoms with E-state index in [9.17, 15) is 4.79 Å². The summed E-state index contributed by atoms with van der Waals surface area (Å²) < 4.78 is 5.24. The maximum absolute atomic E-state index is 12.6.